The summed E-state index contributed by atoms with van der Waals surface area (Å²) in [7, 11) is -3.09. The van der Waals surface area contributed by atoms with Gasteiger partial charge >= 0.3 is 0 Å². The minimum absolute atomic E-state index is 0.00723. The highest BCUT2D eigenvalue weighted by Crippen LogP contribution is 2.51. The van der Waals surface area contributed by atoms with Crippen LogP contribution < -0.4 is 10.1 Å². The predicted molar refractivity (Wildman–Crippen MR) is 133 cm³/mol. The number of hydrogen-bond donors (Lipinski definition) is 4. The lowest BCUT2D eigenvalue weighted by atomic mass is 10.1. The molecular formula is C26H38NO5P. The van der Waals surface area contributed by atoms with Crippen molar-refractivity contribution in [2.45, 2.75) is 63.1 Å². The van der Waals surface area contributed by atoms with Crippen LogP contribution in [0.5, 0.6) is 11.5 Å². The molecular weight excluding hydrogens is 437 g/mol. The molecule has 1 aliphatic carbocycles. The predicted octanol–water partition coefficient (Wildman–Crippen LogP) is 4.50. The minimum Gasteiger partial charge on any atom is -0.508 e. The zero-order valence-corrected chi connectivity index (χ0v) is 20.3. The fourth-order valence-electron chi connectivity index (χ4n) is 4.30. The molecule has 0 bridgehead atoms. The highest BCUT2D eigenvalue weighted by Gasteiger charge is 2.30. The van der Waals surface area contributed by atoms with Gasteiger partial charge in [-0.15, -0.1) is 0 Å². The number of benzene rings is 2. The van der Waals surface area contributed by atoms with Gasteiger partial charge in [-0.05, 0) is 67.6 Å². The zero-order valence-electron chi connectivity index (χ0n) is 19.4. The number of phenolic OH excluding ortho intramolecular Hbond substituents is 1. The first-order valence-electron chi connectivity index (χ1n) is 12.1. The molecule has 0 saturated heterocycles. The van der Waals surface area contributed by atoms with Crippen LogP contribution in [0, 0.1) is 0 Å². The number of aromatic hydroxyl groups is 1. The molecule has 2 aromatic rings. The fourth-order valence-corrected chi connectivity index (χ4v) is 6.42. The summed E-state index contributed by atoms with van der Waals surface area (Å²) in [5, 5.41) is 22.6. The standard InChI is InChI=1S/C26H38NO5P/c28-23-11-13-25(14-12-23)32-20-24(29)19-27-17-15-21-7-9-22(10-8-21)16-18-33(30,31)26-5-3-1-2-4-6-26/h7-14,24,26-29H,1-6,15-20H2,(H,30,31). The summed E-state index contributed by atoms with van der Waals surface area (Å²) >= 11 is 0. The number of aryl methyl sites for hydroxylation is 1. The second-order valence-corrected chi connectivity index (χ2v) is 11.8. The molecule has 7 heteroatoms. The Labute approximate surface area is 197 Å². The van der Waals surface area contributed by atoms with E-state index in [9.17, 15) is 19.7 Å². The molecule has 0 heterocycles. The van der Waals surface area contributed by atoms with E-state index in [1.54, 1.807) is 24.3 Å². The maximum atomic E-state index is 12.8. The van der Waals surface area contributed by atoms with Crippen LogP contribution in [0.15, 0.2) is 48.5 Å². The van der Waals surface area contributed by atoms with Crippen LogP contribution in [-0.4, -0.2) is 52.7 Å². The average Bonchev–Trinajstić information content (AvgIpc) is 3.11. The van der Waals surface area contributed by atoms with Crippen molar-refractivity contribution in [3.63, 3.8) is 0 Å². The first kappa shape index (κ1) is 25.8. The molecule has 0 aliphatic heterocycles. The quantitative estimate of drug-likeness (QED) is 0.205. The average molecular weight is 476 g/mol. The smallest absolute Gasteiger partial charge is 0.203 e. The molecule has 1 aliphatic rings. The van der Waals surface area contributed by atoms with Crippen molar-refractivity contribution in [1.29, 1.82) is 0 Å². The maximum absolute atomic E-state index is 12.8. The molecule has 1 fully saturated rings. The normalized spacial score (nSPS) is 17.8. The third kappa shape index (κ3) is 9.13. The molecule has 0 aromatic heterocycles. The van der Waals surface area contributed by atoms with Gasteiger partial charge in [0.15, 0.2) is 0 Å². The SMILES string of the molecule is O=P(O)(CCc1ccc(CCNCC(O)COc2ccc(O)cc2)cc1)C1CCCCCC1. The Bertz CT molecular complexity index is 863. The third-order valence-electron chi connectivity index (χ3n) is 6.39. The van der Waals surface area contributed by atoms with Gasteiger partial charge in [-0.25, -0.2) is 0 Å². The Kier molecular flexibility index (Phi) is 10.3. The number of ether oxygens (including phenoxy) is 1. The van der Waals surface area contributed by atoms with E-state index in [0.717, 1.165) is 44.2 Å². The summed E-state index contributed by atoms with van der Waals surface area (Å²) in [6.45, 7) is 1.36. The van der Waals surface area contributed by atoms with Gasteiger partial charge in [0.05, 0.1) is 0 Å². The molecule has 0 amide bonds. The van der Waals surface area contributed by atoms with Gasteiger partial charge in [-0.1, -0.05) is 49.9 Å². The van der Waals surface area contributed by atoms with Crippen molar-refractivity contribution in [2.75, 3.05) is 25.9 Å². The van der Waals surface area contributed by atoms with Gasteiger partial charge < -0.3 is 25.2 Å². The van der Waals surface area contributed by atoms with Crippen molar-refractivity contribution in [3.05, 3.63) is 59.7 Å². The minimum atomic E-state index is -3.09. The second-order valence-electron chi connectivity index (χ2n) is 9.10. The lowest BCUT2D eigenvalue weighted by Crippen LogP contribution is -2.32. The first-order valence-corrected chi connectivity index (χ1v) is 14.0. The monoisotopic (exact) mass is 475 g/mol. The molecule has 33 heavy (non-hydrogen) atoms. The van der Waals surface area contributed by atoms with E-state index >= 15 is 0 Å². The number of aliphatic hydroxyl groups excluding tert-OH is 1. The highest BCUT2D eigenvalue weighted by atomic mass is 31.2. The van der Waals surface area contributed by atoms with Crippen molar-refractivity contribution < 1.29 is 24.4 Å². The van der Waals surface area contributed by atoms with Gasteiger partial charge in [-0.2, -0.15) is 0 Å². The Hall–Kier alpha value is -1.85. The van der Waals surface area contributed by atoms with Crippen LogP contribution in [0.4, 0.5) is 0 Å². The van der Waals surface area contributed by atoms with Crippen LogP contribution in [-0.2, 0) is 17.4 Å². The number of phenols is 1. The summed E-state index contributed by atoms with van der Waals surface area (Å²) in [6.07, 6.45) is 7.60. The Morgan fingerprint density at radius 1 is 0.939 bits per heavy atom. The Morgan fingerprint density at radius 2 is 1.55 bits per heavy atom. The summed E-state index contributed by atoms with van der Waals surface area (Å²) in [6, 6.07) is 14.7. The van der Waals surface area contributed by atoms with Crippen molar-refractivity contribution in [3.8, 4) is 11.5 Å². The molecule has 182 valence electrons. The zero-order chi connectivity index (χ0) is 23.5. The van der Waals surface area contributed by atoms with Gasteiger partial charge in [0.25, 0.3) is 0 Å². The second kappa shape index (κ2) is 13.1. The van der Waals surface area contributed by atoms with E-state index in [4.69, 9.17) is 4.74 Å². The van der Waals surface area contributed by atoms with E-state index in [1.807, 2.05) is 0 Å². The summed E-state index contributed by atoms with van der Waals surface area (Å²) < 4.78 is 18.3. The summed E-state index contributed by atoms with van der Waals surface area (Å²) in [5.74, 6) is 0.791. The number of rotatable bonds is 12. The van der Waals surface area contributed by atoms with E-state index in [2.05, 4.69) is 29.6 Å². The first-order chi connectivity index (χ1) is 15.9. The van der Waals surface area contributed by atoms with Crippen molar-refractivity contribution in [1.82, 2.24) is 5.32 Å². The molecule has 4 N–H and O–H groups in total. The Balaban J connectivity index is 1.32. The molecule has 0 radical (unpaired) electrons. The van der Waals surface area contributed by atoms with Crippen LogP contribution in [0.3, 0.4) is 0 Å². The summed E-state index contributed by atoms with van der Waals surface area (Å²) in [4.78, 5) is 10.6. The van der Waals surface area contributed by atoms with E-state index < -0.39 is 13.5 Å². The van der Waals surface area contributed by atoms with E-state index in [1.165, 1.54) is 18.4 Å². The molecule has 2 aromatic carbocycles. The largest absolute Gasteiger partial charge is 0.508 e. The van der Waals surface area contributed by atoms with Crippen molar-refractivity contribution in [2.24, 2.45) is 0 Å². The Morgan fingerprint density at radius 3 is 2.18 bits per heavy atom. The van der Waals surface area contributed by atoms with Crippen LogP contribution in [0.1, 0.15) is 49.7 Å². The third-order valence-corrected chi connectivity index (χ3v) is 8.91. The maximum Gasteiger partial charge on any atom is 0.203 e. The number of hydrogen-bond acceptors (Lipinski definition) is 5. The molecule has 2 unspecified atom stereocenters. The highest BCUT2D eigenvalue weighted by molar-refractivity contribution is 7.58. The van der Waals surface area contributed by atoms with Crippen molar-refractivity contribution >= 4 is 7.37 Å². The van der Waals surface area contributed by atoms with Gasteiger partial charge in [0.2, 0.25) is 7.37 Å². The van der Waals surface area contributed by atoms with E-state index in [0.29, 0.717) is 24.9 Å². The molecule has 1 saturated carbocycles. The molecule has 2 atom stereocenters. The van der Waals surface area contributed by atoms with Crippen LogP contribution >= 0.6 is 7.37 Å². The number of aliphatic hydroxyl groups is 1. The van der Waals surface area contributed by atoms with Crippen LogP contribution in [0.25, 0.3) is 0 Å². The van der Waals surface area contributed by atoms with Gasteiger partial charge in [0, 0.05) is 18.4 Å². The van der Waals surface area contributed by atoms with E-state index in [-0.39, 0.29) is 18.0 Å². The summed E-state index contributed by atoms with van der Waals surface area (Å²) in [5.41, 5.74) is 2.29. The topological polar surface area (TPSA) is 99.0 Å². The van der Waals surface area contributed by atoms with Crippen LogP contribution in [0.2, 0.25) is 0 Å². The molecule has 6 nitrogen and oxygen atoms in total. The molecule has 3 rings (SSSR count). The van der Waals surface area contributed by atoms with Gasteiger partial charge in [0.1, 0.15) is 24.2 Å². The lowest BCUT2D eigenvalue weighted by molar-refractivity contribution is 0.106. The lowest BCUT2D eigenvalue weighted by Gasteiger charge is -2.21. The number of nitrogens with one attached hydrogen (secondary N) is 1. The van der Waals surface area contributed by atoms with Gasteiger partial charge in [-0.3, -0.25) is 4.57 Å². The fraction of sp³-hybridized carbons (Fsp3) is 0.538. The molecule has 0 spiro atoms.